The van der Waals surface area contributed by atoms with Gasteiger partial charge in [-0.2, -0.15) is 0 Å². The Balaban J connectivity index is 1.69. The Morgan fingerprint density at radius 3 is 1.77 bits per heavy atom. The summed E-state index contributed by atoms with van der Waals surface area (Å²) in [6.45, 7) is 4.49. The van der Waals surface area contributed by atoms with E-state index in [0.717, 1.165) is 29.5 Å². The molecule has 0 aromatic heterocycles. The van der Waals surface area contributed by atoms with Gasteiger partial charge in [0.05, 0.1) is 4.92 Å². The number of nitro benzene ring substituents is 1. The molecule has 2 atom stereocenters. The number of hydrogen-bond donors (Lipinski definition) is 0. The van der Waals surface area contributed by atoms with Gasteiger partial charge in [0.15, 0.2) is 0 Å². The van der Waals surface area contributed by atoms with E-state index >= 15 is 0 Å². The summed E-state index contributed by atoms with van der Waals surface area (Å²) in [6.07, 6.45) is 2.24. The van der Waals surface area contributed by atoms with Crippen molar-refractivity contribution in [3.63, 3.8) is 0 Å². The van der Waals surface area contributed by atoms with Crippen LogP contribution >= 0.6 is 0 Å². The highest BCUT2D eigenvalue weighted by Gasteiger charge is 2.47. The van der Waals surface area contributed by atoms with Crippen LogP contribution in [0.25, 0.3) is 22.3 Å². The van der Waals surface area contributed by atoms with Crippen LogP contribution in [-0.4, -0.2) is 15.9 Å². The van der Waals surface area contributed by atoms with Crippen LogP contribution in [0.15, 0.2) is 65.8 Å². The van der Waals surface area contributed by atoms with Gasteiger partial charge in [-0.1, -0.05) is 24.3 Å². The molecule has 1 fully saturated rings. The molecular formula is C25H23N3O3. The highest BCUT2D eigenvalue weighted by molar-refractivity contribution is 5.80. The lowest BCUT2D eigenvalue weighted by atomic mass is 9.81. The first kappa shape index (κ1) is 19.6. The van der Waals surface area contributed by atoms with E-state index in [1.807, 2.05) is 24.3 Å². The highest BCUT2D eigenvalue weighted by atomic mass is 16.6. The maximum atomic E-state index is 11.1. The Morgan fingerprint density at radius 2 is 1.35 bits per heavy atom. The number of rotatable bonds is 5. The van der Waals surface area contributed by atoms with E-state index in [4.69, 9.17) is 0 Å². The summed E-state index contributed by atoms with van der Waals surface area (Å²) in [4.78, 5) is 24.1. The molecule has 2 unspecified atom stereocenters. The molecule has 0 radical (unpaired) electrons. The Hall–Kier alpha value is -3.38. The van der Waals surface area contributed by atoms with Crippen molar-refractivity contribution in [1.82, 2.24) is 4.90 Å². The molecule has 3 aromatic rings. The minimum absolute atomic E-state index is 0.103. The van der Waals surface area contributed by atoms with Gasteiger partial charge in [0, 0.05) is 30.3 Å². The van der Waals surface area contributed by atoms with Crippen molar-refractivity contribution in [2.45, 2.75) is 44.8 Å². The topological polar surface area (TPSA) is 75.8 Å². The number of hydrogen-bond acceptors (Lipinski definition) is 5. The molecule has 2 aliphatic rings. The largest absolute Gasteiger partial charge is 0.287 e. The Bertz CT molecular complexity index is 1170. The number of fused-ring (bicyclic) bond motifs is 5. The number of non-ortho nitro benzene ring substituents is 1. The van der Waals surface area contributed by atoms with E-state index in [1.165, 1.54) is 16.7 Å². The highest BCUT2D eigenvalue weighted by Crippen LogP contribution is 2.59. The fraction of sp³-hybridized carbons (Fsp3) is 0.280. The first-order valence-corrected chi connectivity index (χ1v) is 10.6. The predicted molar refractivity (Wildman–Crippen MR) is 121 cm³/mol. The molecule has 0 saturated carbocycles. The maximum absolute atomic E-state index is 11.1. The summed E-state index contributed by atoms with van der Waals surface area (Å²) < 4.78 is 0. The van der Waals surface area contributed by atoms with Crippen LogP contribution < -0.4 is 0 Å². The average molecular weight is 413 g/mol. The van der Waals surface area contributed by atoms with Crippen molar-refractivity contribution < 1.29 is 4.92 Å². The smallest absolute Gasteiger partial charge is 0.269 e. The van der Waals surface area contributed by atoms with Gasteiger partial charge in [-0.3, -0.25) is 15.0 Å². The van der Waals surface area contributed by atoms with Gasteiger partial charge in [0.1, 0.15) is 5.69 Å². The predicted octanol–water partition coefficient (Wildman–Crippen LogP) is 6.93. The lowest BCUT2D eigenvalue weighted by Gasteiger charge is -2.26. The minimum Gasteiger partial charge on any atom is -0.287 e. The van der Waals surface area contributed by atoms with E-state index in [0.29, 0.717) is 23.8 Å². The fourth-order valence-electron chi connectivity index (χ4n) is 5.46. The second-order valence-corrected chi connectivity index (χ2v) is 8.58. The first-order valence-electron chi connectivity index (χ1n) is 10.6. The normalized spacial score (nSPS) is 19.6. The van der Waals surface area contributed by atoms with Crippen LogP contribution in [0.3, 0.4) is 0 Å². The van der Waals surface area contributed by atoms with Crippen molar-refractivity contribution in [2.24, 2.45) is 5.18 Å². The van der Waals surface area contributed by atoms with Crippen LogP contribution in [0, 0.1) is 15.0 Å². The van der Waals surface area contributed by atoms with Crippen LogP contribution in [0.4, 0.5) is 11.4 Å². The van der Waals surface area contributed by atoms with Crippen LogP contribution in [0.1, 0.15) is 49.9 Å². The zero-order valence-corrected chi connectivity index (χ0v) is 17.5. The SMILES string of the molecule is CC(C)N1C2CCC1c1c(-c3ccc([N+](=O)[O-])cc3)ccc(-c3ccc(N=O)cc3)c12. The first-order chi connectivity index (χ1) is 15.0. The summed E-state index contributed by atoms with van der Waals surface area (Å²) in [7, 11) is 0. The van der Waals surface area contributed by atoms with Gasteiger partial charge < -0.3 is 0 Å². The van der Waals surface area contributed by atoms with Gasteiger partial charge in [-0.25, -0.2) is 0 Å². The van der Waals surface area contributed by atoms with Crippen LogP contribution in [0.5, 0.6) is 0 Å². The fourth-order valence-corrected chi connectivity index (χ4v) is 5.46. The van der Waals surface area contributed by atoms with Crippen LogP contribution in [-0.2, 0) is 0 Å². The van der Waals surface area contributed by atoms with E-state index in [2.05, 4.69) is 36.1 Å². The number of nitroso groups, excluding NO2 is 1. The molecule has 5 rings (SSSR count). The van der Waals surface area contributed by atoms with Crippen LogP contribution in [0.2, 0.25) is 0 Å². The zero-order chi connectivity index (χ0) is 21.7. The Kier molecular flexibility index (Phi) is 4.67. The molecule has 0 N–H and O–H groups in total. The monoisotopic (exact) mass is 413 g/mol. The quantitative estimate of drug-likeness (QED) is 0.258. The van der Waals surface area contributed by atoms with Gasteiger partial charge in [0.2, 0.25) is 0 Å². The Morgan fingerprint density at radius 1 is 0.871 bits per heavy atom. The summed E-state index contributed by atoms with van der Waals surface area (Å²) in [5, 5.41) is 14.1. The zero-order valence-electron chi connectivity index (χ0n) is 17.5. The number of benzene rings is 3. The molecule has 3 aromatic carbocycles. The molecule has 0 aliphatic carbocycles. The standard InChI is InChI=1S/C25H23N3O3/c1-15(2)27-22-13-14-23(27)25-21(17-5-9-19(10-6-17)28(30)31)12-11-20(24(22)25)16-3-7-18(26-29)8-4-16/h3-12,15,22-23H,13-14H2,1-2H3. The summed E-state index contributed by atoms with van der Waals surface area (Å²) in [6, 6.07) is 19.7. The molecule has 6 heteroatoms. The lowest BCUT2D eigenvalue weighted by Crippen LogP contribution is -2.27. The summed E-state index contributed by atoms with van der Waals surface area (Å²) in [5.41, 5.74) is 7.65. The average Bonchev–Trinajstić information content (AvgIpc) is 3.36. The molecule has 2 aliphatic heterocycles. The van der Waals surface area contributed by atoms with E-state index in [9.17, 15) is 15.0 Å². The number of nitrogens with zero attached hydrogens (tertiary/aromatic N) is 3. The second-order valence-electron chi connectivity index (χ2n) is 8.58. The van der Waals surface area contributed by atoms with Gasteiger partial charge in [-0.05, 0) is 89.5 Å². The molecule has 31 heavy (non-hydrogen) atoms. The van der Waals surface area contributed by atoms with Crippen molar-refractivity contribution in [2.75, 3.05) is 0 Å². The molecule has 0 spiro atoms. The maximum Gasteiger partial charge on any atom is 0.269 e. The molecule has 2 bridgehead atoms. The third kappa shape index (κ3) is 3.06. The molecular weight excluding hydrogens is 390 g/mol. The lowest BCUT2D eigenvalue weighted by molar-refractivity contribution is -0.384. The summed E-state index contributed by atoms with van der Waals surface area (Å²) in [5.74, 6) is 0. The summed E-state index contributed by atoms with van der Waals surface area (Å²) >= 11 is 0. The molecule has 6 nitrogen and oxygen atoms in total. The van der Waals surface area contributed by atoms with Gasteiger partial charge in [0.25, 0.3) is 5.69 Å². The van der Waals surface area contributed by atoms with Crippen molar-refractivity contribution in [3.05, 3.63) is 86.8 Å². The molecule has 156 valence electrons. The third-order valence-corrected chi connectivity index (χ3v) is 6.66. The number of nitro groups is 1. The van der Waals surface area contributed by atoms with E-state index < -0.39 is 0 Å². The van der Waals surface area contributed by atoms with E-state index in [-0.39, 0.29) is 10.6 Å². The second kappa shape index (κ2) is 7.39. The molecule has 1 saturated heterocycles. The molecule has 2 heterocycles. The van der Waals surface area contributed by atoms with E-state index in [1.54, 1.807) is 24.3 Å². The van der Waals surface area contributed by atoms with Crippen molar-refractivity contribution in [1.29, 1.82) is 0 Å². The molecule has 0 amide bonds. The van der Waals surface area contributed by atoms with Crippen molar-refractivity contribution >= 4 is 11.4 Å². The minimum atomic E-state index is -0.363. The van der Waals surface area contributed by atoms with Crippen molar-refractivity contribution in [3.8, 4) is 22.3 Å². The Labute approximate surface area is 180 Å². The third-order valence-electron chi connectivity index (χ3n) is 6.66. The van der Waals surface area contributed by atoms with Gasteiger partial charge in [-0.15, -0.1) is 4.91 Å². The van der Waals surface area contributed by atoms with Gasteiger partial charge >= 0.3 is 0 Å².